The van der Waals surface area contributed by atoms with Crippen LogP contribution in [0.15, 0.2) is 65.9 Å². The van der Waals surface area contributed by atoms with Gasteiger partial charge in [-0.2, -0.15) is 0 Å². The number of fused-ring (bicyclic) bond motifs is 2. The Kier molecular flexibility index (Phi) is 10.4. The van der Waals surface area contributed by atoms with E-state index in [1.807, 2.05) is 54.7 Å². The topological polar surface area (TPSA) is 238 Å². The van der Waals surface area contributed by atoms with E-state index in [1.54, 1.807) is 6.20 Å². The Hall–Kier alpha value is -5.37. The monoisotopic (exact) mass is 643 g/mol. The van der Waals surface area contributed by atoms with Gasteiger partial charge in [-0.05, 0) is 55.4 Å². The van der Waals surface area contributed by atoms with Crippen LogP contribution in [0.4, 0.5) is 0 Å². The van der Waals surface area contributed by atoms with E-state index in [0.717, 1.165) is 32.9 Å². The van der Waals surface area contributed by atoms with Gasteiger partial charge in [0.15, 0.2) is 5.96 Å². The number of aliphatic carboxylic acids is 1. The predicted octanol–water partition coefficient (Wildman–Crippen LogP) is 0.861. The summed E-state index contributed by atoms with van der Waals surface area (Å²) >= 11 is 0. The number of amides is 3. The lowest BCUT2D eigenvalue weighted by Gasteiger charge is -2.28. The number of guanidine groups is 1. The summed E-state index contributed by atoms with van der Waals surface area (Å²) in [6.45, 7) is 0.558. The lowest BCUT2D eigenvalue weighted by Crippen LogP contribution is -2.57. The molecule has 0 bridgehead atoms. The summed E-state index contributed by atoms with van der Waals surface area (Å²) in [6.07, 6.45) is 5.33. The molecule has 14 heteroatoms. The first kappa shape index (κ1) is 33.0. The van der Waals surface area contributed by atoms with Crippen molar-refractivity contribution >= 4 is 51.5 Å². The molecule has 1 saturated heterocycles. The maximum absolute atomic E-state index is 13.6. The van der Waals surface area contributed by atoms with E-state index >= 15 is 0 Å². The van der Waals surface area contributed by atoms with Crippen LogP contribution in [-0.4, -0.2) is 86.9 Å². The van der Waals surface area contributed by atoms with E-state index in [2.05, 4.69) is 25.6 Å². The predicted molar refractivity (Wildman–Crippen MR) is 178 cm³/mol. The molecule has 14 nitrogen and oxygen atoms in total. The van der Waals surface area contributed by atoms with E-state index in [9.17, 15) is 24.3 Å². The Morgan fingerprint density at radius 2 is 1.53 bits per heavy atom. The normalized spacial score (nSPS) is 16.4. The Balaban J connectivity index is 1.27. The second-order valence-electron chi connectivity index (χ2n) is 11.8. The standard InChI is InChI=1S/C33H41N9O5/c34-23(15-19-17-38-24-9-3-1-7-21(19)24)31(45)42-14-6-12-28(42)30(44)40-26(11-5-13-37-33(35)36)29(43)41-27(32(46)47)16-20-18-39-25-10-4-2-8-22(20)25/h1-4,7-10,17-18,23,26-28,38-39H,5-6,11-16,34H2,(H,40,44)(H,41,43)(H,46,47)(H4,35,36,37). The zero-order chi connectivity index (χ0) is 33.5. The van der Waals surface area contributed by atoms with Crippen LogP contribution in [0.1, 0.15) is 36.8 Å². The van der Waals surface area contributed by atoms with Gasteiger partial charge in [0.05, 0.1) is 6.04 Å². The molecule has 1 aliphatic rings. The van der Waals surface area contributed by atoms with Gasteiger partial charge in [-0.1, -0.05) is 36.4 Å². The first-order valence-corrected chi connectivity index (χ1v) is 15.7. The summed E-state index contributed by atoms with van der Waals surface area (Å²) in [5.74, 6) is -2.86. The molecule has 5 rings (SSSR count). The van der Waals surface area contributed by atoms with Crippen molar-refractivity contribution < 1.29 is 24.3 Å². The van der Waals surface area contributed by atoms with Crippen molar-refractivity contribution in [3.8, 4) is 0 Å². The number of likely N-dealkylation sites (tertiary alicyclic amines) is 1. The number of aromatic amines is 2. The maximum Gasteiger partial charge on any atom is 0.326 e. The summed E-state index contributed by atoms with van der Waals surface area (Å²) in [6, 6.07) is 11.1. The molecule has 4 aromatic rings. The third-order valence-corrected chi connectivity index (χ3v) is 8.56. The molecule has 2 aromatic carbocycles. The molecule has 0 spiro atoms. The Labute approximate surface area is 271 Å². The van der Waals surface area contributed by atoms with Crippen LogP contribution >= 0.6 is 0 Å². The number of hydrogen-bond donors (Lipinski definition) is 8. The van der Waals surface area contributed by atoms with Crippen LogP contribution in [0.2, 0.25) is 0 Å². The number of aromatic nitrogens is 2. The van der Waals surface area contributed by atoms with E-state index in [-0.39, 0.29) is 37.7 Å². The van der Waals surface area contributed by atoms with E-state index in [1.165, 1.54) is 4.90 Å². The minimum Gasteiger partial charge on any atom is -0.480 e. The van der Waals surface area contributed by atoms with Crippen molar-refractivity contribution in [1.29, 1.82) is 0 Å². The SMILES string of the molecule is NC(N)=NCCCC(NC(=O)C1CCCN1C(=O)C(N)Cc1c[nH]c2ccccc12)C(=O)NC(Cc1c[nH]c2ccccc12)C(=O)O. The molecule has 4 atom stereocenters. The zero-order valence-corrected chi connectivity index (χ0v) is 25.9. The molecule has 3 heterocycles. The summed E-state index contributed by atoms with van der Waals surface area (Å²) < 4.78 is 0. The number of rotatable bonds is 14. The van der Waals surface area contributed by atoms with Gasteiger partial charge >= 0.3 is 5.97 Å². The number of nitrogens with two attached hydrogens (primary N) is 3. The van der Waals surface area contributed by atoms with Gasteiger partial charge in [0.1, 0.15) is 18.1 Å². The van der Waals surface area contributed by atoms with Crippen LogP contribution in [0.5, 0.6) is 0 Å². The number of carbonyl (C=O) groups is 4. The summed E-state index contributed by atoms with van der Waals surface area (Å²) in [7, 11) is 0. The number of H-pyrrole nitrogens is 2. The van der Waals surface area contributed by atoms with Crippen molar-refractivity contribution in [1.82, 2.24) is 25.5 Å². The lowest BCUT2D eigenvalue weighted by molar-refractivity contribution is -0.143. The lowest BCUT2D eigenvalue weighted by atomic mass is 10.0. The first-order valence-electron chi connectivity index (χ1n) is 15.7. The number of hydrogen-bond acceptors (Lipinski definition) is 6. The molecule has 47 heavy (non-hydrogen) atoms. The molecule has 2 aromatic heterocycles. The van der Waals surface area contributed by atoms with Gasteiger partial charge in [0, 0.05) is 53.7 Å². The highest BCUT2D eigenvalue weighted by atomic mass is 16.4. The average Bonchev–Trinajstić information content (AvgIpc) is 3.81. The molecule has 0 radical (unpaired) electrons. The van der Waals surface area contributed by atoms with Crippen LogP contribution in [0.3, 0.4) is 0 Å². The highest BCUT2D eigenvalue weighted by Gasteiger charge is 2.38. The van der Waals surface area contributed by atoms with E-state index in [0.29, 0.717) is 25.8 Å². The third kappa shape index (κ3) is 7.90. The fourth-order valence-electron chi connectivity index (χ4n) is 6.17. The zero-order valence-electron chi connectivity index (χ0n) is 25.9. The second kappa shape index (κ2) is 14.8. The van der Waals surface area contributed by atoms with Crippen LogP contribution in [0, 0.1) is 0 Å². The molecule has 4 unspecified atom stereocenters. The molecule has 0 aliphatic carbocycles. The van der Waals surface area contributed by atoms with Crippen molar-refractivity contribution in [2.45, 2.75) is 62.7 Å². The molecule has 1 fully saturated rings. The average molecular weight is 644 g/mol. The third-order valence-electron chi connectivity index (χ3n) is 8.56. The molecular weight excluding hydrogens is 602 g/mol. The largest absolute Gasteiger partial charge is 0.480 e. The van der Waals surface area contributed by atoms with Gasteiger partial charge in [-0.25, -0.2) is 4.79 Å². The van der Waals surface area contributed by atoms with Crippen molar-refractivity contribution in [2.24, 2.45) is 22.2 Å². The van der Waals surface area contributed by atoms with Crippen molar-refractivity contribution in [3.63, 3.8) is 0 Å². The van der Waals surface area contributed by atoms with E-state index in [4.69, 9.17) is 17.2 Å². The van der Waals surface area contributed by atoms with Gasteiger partial charge < -0.3 is 47.8 Å². The molecule has 248 valence electrons. The van der Waals surface area contributed by atoms with Crippen LogP contribution in [-0.2, 0) is 32.0 Å². The summed E-state index contributed by atoms with van der Waals surface area (Å²) in [5, 5.41) is 17.2. The van der Waals surface area contributed by atoms with Crippen LogP contribution in [0.25, 0.3) is 21.8 Å². The highest BCUT2D eigenvalue weighted by Crippen LogP contribution is 2.23. The van der Waals surface area contributed by atoms with Crippen LogP contribution < -0.4 is 27.8 Å². The quantitative estimate of drug-likeness (QED) is 0.0556. The Morgan fingerprint density at radius 1 is 0.915 bits per heavy atom. The minimum atomic E-state index is -1.26. The van der Waals surface area contributed by atoms with Gasteiger partial charge in [-0.3, -0.25) is 19.4 Å². The smallest absolute Gasteiger partial charge is 0.326 e. The Bertz CT molecular complexity index is 1780. The fourth-order valence-corrected chi connectivity index (χ4v) is 6.17. The molecule has 1 aliphatic heterocycles. The molecular formula is C33H41N9O5. The number of carbonyl (C=O) groups excluding carboxylic acids is 3. The number of para-hydroxylation sites is 2. The number of aliphatic imine (C=N–C) groups is 1. The number of carboxylic acids is 1. The van der Waals surface area contributed by atoms with Gasteiger partial charge in [0.2, 0.25) is 17.7 Å². The maximum atomic E-state index is 13.6. The minimum absolute atomic E-state index is 0.0268. The highest BCUT2D eigenvalue weighted by molar-refractivity contribution is 5.95. The molecule has 11 N–H and O–H groups in total. The number of carboxylic acid groups (broad SMARTS) is 1. The van der Waals surface area contributed by atoms with Gasteiger partial charge in [0.25, 0.3) is 0 Å². The van der Waals surface area contributed by atoms with Gasteiger partial charge in [-0.15, -0.1) is 0 Å². The fraction of sp³-hybridized carbons (Fsp3) is 0.364. The van der Waals surface area contributed by atoms with Crippen molar-refractivity contribution in [3.05, 3.63) is 72.1 Å². The molecule has 0 saturated carbocycles. The number of nitrogens with one attached hydrogen (secondary N) is 4. The van der Waals surface area contributed by atoms with Crippen molar-refractivity contribution in [2.75, 3.05) is 13.1 Å². The molecule has 3 amide bonds. The Morgan fingerprint density at radius 3 is 2.15 bits per heavy atom. The number of benzene rings is 2. The second-order valence-corrected chi connectivity index (χ2v) is 11.8. The summed E-state index contributed by atoms with van der Waals surface area (Å²) in [5.41, 5.74) is 20.7. The first-order chi connectivity index (χ1) is 22.6. The van der Waals surface area contributed by atoms with E-state index < -0.39 is 42.0 Å². The summed E-state index contributed by atoms with van der Waals surface area (Å²) in [4.78, 5) is 64.6. The number of nitrogens with zero attached hydrogens (tertiary/aromatic N) is 2.